The zero-order valence-electron chi connectivity index (χ0n) is 18.0. The largest absolute Gasteiger partial charge is 0.366 e. The number of rotatable bonds is 4. The molecule has 1 saturated heterocycles. The number of nitrogens with one attached hydrogen (secondary N) is 2. The monoisotopic (exact) mass is 449 g/mol. The lowest BCUT2D eigenvalue weighted by atomic mass is 10.0. The van der Waals surface area contributed by atoms with Crippen LogP contribution in [0.25, 0.3) is 11.0 Å². The van der Waals surface area contributed by atoms with E-state index in [4.69, 9.17) is 0 Å². The van der Waals surface area contributed by atoms with Gasteiger partial charge in [-0.3, -0.25) is 5.32 Å². The molecule has 0 radical (unpaired) electrons. The summed E-state index contributed by atoms with van der Waals surface area (Å²) in [6, 6.07) is 4.24. The fourth-order valence-corrected chi connectivity index (χ4v) is 5.11. The van der Waals surface area contributed by atoms with E-state index in [1.165, 1.54) is 17.1 Å². The van der Waals surface area contributed by atoms with Gasteiger partial charge in [-0.15, -0.1) is 0 Å². The Morgan fingerprint density at radius 1 is 1.41 bits per heavy atom. The van der Waals surface area contributed by atoms with Crippen LogP contribution in [0.1, 0.15) is 12.0 Å². The Morgan fingerprint density at radius 3 is 2.97 bits per heavy atom. The number of nitrogens with zero attached hydrogens (tertiary/aromatic N) is 7. The highest BCUT2D eigenvalue weighted by molar-refractivity contribution is 7.10. The van der Waals surface area contributed by atoms with Gasteiger partial charge in [-0.05, 0) is 18.1 Å². The first kappa shape index (κ1) is 20.3. The van der Waals surface area contributed by atoms with Crippen molar-refractivity contribution in [2.75, 3.05) is 49.3 Å². The number of pyridine rings is 1. The molecule has 10 nitrogen and oxygen atoms in total. The first-order valence-electron chi connectivity index (χ1n) is 10.3. The number of hydrogen-bond donors (Lipinski definition) is 2. The van der Waals surface area contributed by atoms with Crippen molar-refractivity contribution in [3.63, 3.8) is 0 Å². The van der Waals surface area contributed by atoms with Crippen molar-refractivity contribution < 1.29 is 4.79 Å². The second-order valence-electron chi connectivity index (χ2n) is 8.33. The van der Waals surface area contributed by atoms with Gasteiger partial charge in [0.1, 0.15) is 11.7 Å². The summed E-state index contributed by atoms with van der Waals surface area (Å²) in [5, 5.41) is 13.9. The lowest BCUT2D eigenvalue weighted by Gasteiger charge is -2.28. The minimum atomic E-state index is -0.151. The molecule has 2 N–H and O–H groups in total. The van der Waals surface area contributed by atoms with Crippen molar-refractivity contribution >= 4 is 45.4 Å². The minimum absolute atomic E-state index is 0.151. The predicted molar refractivity (Wildman–Crippen MR) is 124 cm³/mol. The van der Waals surface area contributed by atoms with Crippen LogP contribution in [0.15, 0.2) is 30.1 Å². The molecule has 5 rings (SSSR count). The Morgan fingerprint density at radius 2 is 2.25 bits per heavy atom. The summed E-state index contributed by atoms with van der Waals surface area (Å²) in [6.07, 6.45) is 6.61. The highest BCUT2D eigenvalue weighted by atomic mass is 32.1. The molecule has 2 unspecified atom stereocenters. The van der Waals surface area contributed by atoms with Gasteiger partial charge in [0, 0.05) is 75.5 Å². The van der Waals surface area contributed by atoms with Gasteiger partial charge in [0.15, 0.2) is 0 Å². The van der Waals surface area contributed by atoms with E-state index in [9.17, 15) is 10.1 Å². The number of aromatic nitrogens is 4. The molecule has 0 spiro atoms. The molecule has 2 atom stereocenters. The lowest BCUT2D eigenvalue weighted by molar-refractivity contribution is 0.220. The number of urea groups is 1. The summed E-state index contributed by atoms with van der Waals surface area (Å²) in [7, 11) is 5.75. The number of carbonyl (C=O) groups excluding carboxylic acids is 1. The van der Waals surface area contributed by atoms with Crippen LogP contribution in [0.5, 0.6) is 0 Å². The van der Waals surface area contributed by atoms with Gasteiger partial charge in [0.05, 0.1) is 11.3 Å². The Kier molecular flexibility index (Phi) is 4.94. The second kappa shape index (κ2) is 7.80. The van der Waals surface area contributed by atoms with E-state index < -0.39 is 0 Å². The summed E-state index contributed by atoms with van der Waals surface area (Å²) in [4.78, 5) is 30.3. The molecule has 1 aliphatic carbocycles. The first-order valence-corrected chi connectivity index (χ1v) is 11.1. The van der Waals surface area contributed by atoms with Gasteiger partial charge >= 0.3 is 6.03 Å². The molecule has 1 aliphatic heterocycles. The van der Waals surface area contributed by atoms with E-state index in [1.54, 1.807) is 11.1 Å². The third-order valence-corrected chi connectivity index (χ3v) is 6.74. The number of amides is 2. The van der Waals surface area contributed by atoms with Crippen LogP contribution in [0.2, 0.25) is 0 Å². The van der Waals surface area contributed by atoms with Crippen molar-refractivity contribution in [2.24, 2.45) is 5.92 Å². The highest BCUT2D eigenvalue weighted by Crippen LogP contribution is 2.38. The maximum absolute atomic E-state index is 12.7. The number of anilines is 3. The minimum Gasteiger partial charge on any atom is -0.366 e. The summed E-state index contributed by atoms with van der Waals surface area (Å²) in [5.41, 5.74) is 3.49. The van der Waals surface area contributed by atoms with Crippen molar-refractivity contribution in [3.05, 3.63) is 35.7 Å². The maximum atomic E-state index is 12.7. The van der Waals surface area contributed by atoms with Gasteiger partial charge in [-0.25, -0.2) is 9.78 Å². The third-order valence-electron chi connectivity index (χ3n) is 6.12. The zero-order chi connectivity index (χ0) is 22.4. The number of nitriles is 1. The molecule has 4 heterocycles. The molecule has 1 fully saturated rings. The Hall–Kier alpha value is -3.65. The number of aromatic amines is 1. The molecule has 164 valence electrons. The molecule has 2 amide bonds. The molecule has 3 aromatic rings. The molecular formula is C21H23N9OS. The quantitative estimate of drug-likeness (QED) is 0.588. The van der Waals surface area contributed by atoms with Gasteiger partial charge in [0.25, 0.3) is 0 Å². The maximum Gasteiger partial charge on any atom is 0.323 e. The standard InChI is InChI=1S/C21H23N9OS/c1-28(2)19-25-20(32-27-19)26-21(31)30-10-12-6-15(7-13(12)11-30)29(3)17-14(8-22)9-24-18-16(17)4-5-23-18/h4-6,9,13,15H,7,10-11H2,1-3H3,(H,23,24)(H,25,26,27,31). The van der Waals surface area contributed by atoms with Crippen LogP contribution < -0.4 is 15.1 Å². The summed E-state index contributed by atoms with van der Waals surface area (Å²) >= 11 is 1.18. The van der Waals surface area contributed by atoms with E-state index in [0.717, 1.165) is 23.1 Å². The summed E-state index contributed by atoms with van der Waals surface area (Å²) in [6.45, 7) is 1.27. The molecule has 0 bridgehead atoms. The average Bonchev–Trinajstić information content (AvgIpc) is 3.54. The van der Waals surface area contributed by atoms with E-state index in [0.29, 0.717) is 35.7 Å². The zero-order valence-corrected chi connectivity index (χ0v) is 18.8. The highest BCUT2D eigenvalue weighted by Gasteiger charge is 2.38. The topological polar surface area (TPSA) is 117 Å². The van der Waals surface area contributed by atoms with Crippen molar-refractivity contribution in [1.29, 1.82) is 5.26 Å². The Bertz CT molecular complexity index is 1250. The van der Waals surface area contributed by atoms with Crippen molar-refractivity contribution in [3.8, 4) is 6.07 Å². The molecule has 2 aliphatic rings. The van der Waals surface area contributed by atoms with E-state index in [1.807, 2.05) is 38.3 Å². The van der Waals surface area contributed by atoms with Crippen LogP contribution >= 0.6 is 11.5 Å². The van der Waals surface area contributed by atoms with Crippen molar-refractivity contribution in [2.45, 2.75) is 12.5 Å². The van der Waals surface area contributed by atoms with E-state index in [2.05, 4.69) is 41.7 Å². The van der Waals surface area contributed by atoms with Crippen LogP contribution in [0.3, 0.4) is 0 Å². The second-order valence-corrected chi connectivity index (χ2v) is 9.08. The summed E-state index contributed by atoms with van der Waals surface area (Å²) in [5.74, 6) is 0.899. The average molecular weight is 450 g/mol. The van der Waals surface area contributed by atoms with Gasteiger partial charge in [-0.1, -0.05) is 6.08 Å². The number of H-pyrrole nitrogens is 1. The van der Waals surface area contributed by atoms with Crippen LogP contribution in [0.4, 0.5) is 21.6 Å². The van der Waals surface area contributed by atoms with Gasteiger partial charge in [-0.2, -0.15) is 14.6 Å². The van der Waals surface area contributed by atoms with Crippen LogP contribution in [-0.4, -0.2) is 70.5 Å². The molecular weight excluding hydrogens is 426 g/mol. The predicted octanol–water partition coefficient (Wildman–Crippen LogP) is 2.65. The fraction of sp³-hybridized carbons (Fsp3) is 0.381. The molecule has 0 aromatic carbocycles. The normalized spacial score (nSPS) is 19.6. The van der Waals surface area contributed by atoms with E-state index >= 15 is 0 Å². The molecule has 11 heteroatoms. The SMILES string of the molecule is CN(C)c1nsc(NC(=O)N2CC3=CC(N(C)c4c(C#N)cnc5[nH]ccc45)CC3C2)n1. The number of hydrogen-bond acceptors (Lipinski definition) is 8. The molecule has 32 heavy (non-hydrogen) atoms. The third kappa shape index (κ3) is 3.42. The smallest absolute Gasteiger partial charge is 0.323 e. The van der Waals surface area contributed by atoms with Crippen LogP contribution in [-0.2, 0) is 0 Å². The number of likely N-dealkylation sites (tertiary alicyclic amines) is 1. The lowest BCUT2D eigenvalue weighted by Crippen LogP contribution is -2.35. The fourth-order valence-electron chi connectivity index (χ4n) is 4.48. The number of fused-ring (bicyclic) bond motifs is 2. The first-order chi connectivity index (χ1) is 15.4. The van der Waals surface area contributed by atoms with Crippen molar-refractivity contribution in [1.82, 2.24) is 24.2 Å². The Balaban J connectivity index is 1.29. The Labute approximate surface area is 189 Å². The molecule has 0 saturated carbocycles. The van der Waals surface area contributed by atoms with Gasteiger partial charge < -0.3 is 19.7 Å². The molecule has 3 aromatic heterocycles. The number of carbonyl (C=O) groups is 1. The summed E-state index contributed by atoms with van der Waals surface area (Å²) < 4.78 is 4.22. The van der Waals surface area contributed by atoms with E-state index in [-0.39, 0.29) is 12.1 Å². The van der Waals surface area contributed by atoms with Gasteiger partial charge in [0.2, 0.25) is 11.1 Å². The number of likely N-dealkylation sites (N-methyl/N-ethyl adjacent to an activating group) is 1. The van der Waals surface area contributed by atoms with Crippen LogP contribution in [0, 0.1) is 17.2 Å².